The second-order valence-corrected chi connectivity index (χ2v) is 7.01. The van der Waals surface area contributed by atoms with Crippen LogP contribution in [-0.4, -0.2) is 25.2 Å². The zero-order valence-electron chi connectivity index (χ0n) is 10.9. The maximum absolute atomic E-state index is 12.4. The second kappa shape index (κ2) is 6.28. The van der Waals surface area contributed by atoms with E-state index in [4.69, 9.17) is 11.6 Å². The molecule has 0 radical (unpaired) electrons. The van der Waals surface area contributed by atoms with E-state index in [1.165, 1.54) is 18.2 Å². The molecule has 0 spiro atoms. The molecular formula is C15H13ClO4S. The van der Waals surface area contributed by atoms with E-state index in [-0.39, 0.29) is 4.90 Å². The Labute approximate surface area is 127 Å². The van der Waals surface area contributed by atoms with Crippen LogP contribution in [0, 0.1) is 0 Å². The van der Waals surface area contributed by atoms with Crippen LogP contribution in [0.15, 0.2) is 59.5 Å². The third-order valence-corrected chi connectivity index (χ3v) is 5.02. The molecule has 0 heterocycles. The van der Waals surface area contributed by atoms with Crippen LogP contribution in [0.25, 0.3) is 0 Å². The van der Waals surface area contributed by atoms with Crippen LogP contribution < -0.4 is 0 Å². The Morgan fingerprint density at radius 2 is 1.76 bits per heavy atom. The third kappa shape index (κ3) is 3.83. The average Bonchev–Trinajstić information content (AvgIpc) is 2.45. The van der Waals surface area contributed by atoms with Crippen LogP contribution in [0.5, 0.6) is 0 Å². The first-order valence-corrected chi connectivity index (χ1v) is 8.19. The highest BCUT2D eigenvalue weighted by Gasteiger charge is 2.28. The summed E-state index contributed by atoms with van der Waals surface area (Å²) in [5.41, 5.74) is 0.454. The summed E-state index contributed by atoms with van der Waals surface area (Å²) < 4.78 is 24.7. The summed E-state index contributed by atoms with van der Waals surface area (Å²) in [6.07, 6.45) is 0. The first kappa shape index (κ1) is 15.5. The van der Waals surface area contributed by atoms with Gasteiger partial charge in [-0.1, -0.05) is 48.0 Å². The minimum atomic E-state index is -3.74. The molecule has 0 aliphatic rings. The molecule has 2 aromatic rings. The number of sulfone groups is 1. The zero-order chi connectivity index (χ0) is 15.5. The Hall–Kier alpha value is -1.85. The smallest absolute Gasteiger partial charge is 0.312 e. The topological polar surface area (TPSA) is 71.4 Å². The van der Waals surface area contributed by atoms with Gasteiger partial charge in [0.2, 0.25) is 0 Å². The van der Waals surface area contributed by atoms with E-state index in [1.807, 2.05) is 0 Å². The van der Waals surface area contributed by atoms with E-state index in [1.54, 1.807) is 36.4 Å². The fraction of sp³-hybridized carbons (Fsp3) is 0.133. The first-order valence-electron chi connectivity index (χ1n) is 6.16. The van der Waals surface area contributed by atoms with Gasteiger partial charge < -0.3 is 5.11 Å². The lowest BCUT2D eigenvalue weighted by Crippen LogP contribution is -2.22. The van der Waals surface area contributed by atoms with Crippen molar-refractivity contribution < 1.29 is 18.3 Å². The van der Waals surface area contributed by atoms with Crippen molar-refractivity contribution in [2.75, 3.05) is 5.75 Å². The van der Waals surface area contributed by atoms with Crippen LogP contribution in [0.1, 0.15) is 11.5 Å². The molecule has 0 aliphatic heterocycles. The summed E-state index contributed by atoms with van der Waals surface area (Å²) >= 11 is 5.79. The van der Waals surface area contributed by atoms with Crippen LogP contribution >= 0.6 is 11.6 Å². The minimum Gasteiger partial charge on any atom is -0.481 e. The Morgan fingerprint density at radius 1 is 1.10 bits per heavy atom. The molecule has 1 atom stereocenters. The van der Waals surface area contributed by atoms with Crippen molar-refractivity contribution in [3.8, 4) is 0 Å². The highest BCUT2D eigenvalue weighted by Crippen LogP contribution is 2.23. The van der Waals surface area contributed by atoms with E-state index >= 15 is 0 Å². The normalized spacial score (nSPS) is 12.8. The quantitative estimate of drug-likeness (QED) is 0.917. The van der Waals surface area contributed by atoms with Gasteiger partial charge >= 0.3 is 5.97 Å². The fourth-order valence-electron chi connectivity index (χ4n) is 1.97. The number of benzene rings is 2. The predicted octanol–water partition coefficient (Wildman–Crippen LogP) is 2.98. The number of hydrogen-bond donors (Lipinski definition) is 1. The highest BCUT2D eigenvalue weighted by atomic mass is 35.5. The lowest BCUT2D eigenvalue weighted by Gasteiger charge is -2.13. The lowest BCUT2D eigenvalue weighted by molar-refractivity contribution is -0.138. The molecule has 0 amide bonds. The monoisotopic (exact) mass is 324 g/mol. The van der Waals surface area contributed by atoms with Gasteiger partial charge in [0.15, 0.2) is 9.84 Å². The van der Waals surface area contributed by atoms with Gasteiger partial charge in [-0.15, -0.1) is 0 Å². The van der Waals surface area contributed by atoms with Crippen LogP contribution in [0.4, 0.5) is 0 Å². The van der Waals surface area contributed by atoms with Gasteiger partial charge in [-0.25, -0.2) is 8.42 Å². The number of rotatable bonds is 5. The zero-order valence-corrected chi connectivity index (χ0v) is 12.5. The van der Waals surface area contributed by atoms with Gasteiger partial charge in [0.1, 0.15) is 0 Å². The molecule has 6 heteroatoms. The molecule has 0 bridgehead atoms. The van der Waals surface area contributed by atoms with Crippen molar-refractivity contribution >= 4 is 27.4 Å². The van der Waals surface area contributed by atoms with E-state index in [2.05, 4.69) is 0 Å². The molecule has 1 unspecified atom stereocenters. The summed E-state index contributed by atoms with van der Waals surface area (Å²) in [4.78, 5) is 11.4. The summed E-state index contributed by atoms with van der Waals surface area (Å²) in [6.45, 7) is 0. The molecular weight excluding hydrogens is 312 g/mol. The van der Waals surface area contributed by atoms with E-state index in [9.17, 15) is 18.3 Å². The maximum Gasteiger partial charge on any atom is 0.312 e. The second-order valence-electron chi connectivity index (χ2n) is 4.54. The number of carbonyl (C=O) groups is 1. The van der Waals surface area contributed by atoms with E-state index in [0.29, 0.717) is 10.6 Å². The fourth-order valence-corrected chi connectivity index (χ4v) is 3.79. The Kier molecular flexibility index (Phi) is 4.65. The largest absolute Gasteiger partial charge is 0.481 e. The molecule has 2 rings (SSSR count). The van der Waals surface area contributed by atoms with Crippen molar-refractivity contribution in [3.05, 3.63) is 65.2 Å². The third-order valence-electron chi connectivity index (χ3n) is 3.04. The molecule has 0 saturated carbocycles. The number of carboxylic acids is 1. The van der Waals surface area contributed by atoms with Gasteiger partial charge in [0.25, 0.3) is 0 Å². The van der Waals surface area contributed by atoms with Gasteiger partial charge in [0, 0.05) is 5.02 Å². The number of aliphatic carboxylic acids is 1. The van der Waals surface area contributed by atoms with Gasteiger partial charge in [-0.05, 0) is 23.8 Å². The molecule has 4 nitrogen and oxygen atoms in total. The summed E-state index contributed by atoms with van der Waals surface area (Å²) in [6, 6.07) is 14.1. The van der Waals surface area contributed by atoms with Crippen LogP contribution in [0.2, 0.25) is 5.02 Å². The molecule has 0 saturated heterocycles. The number of halogens is 1. The first-order chi connectivity index (χ1) is 9.90. The van der Waals surface area contributed by atoms with Crippen molar-refractivity contribution in [2.24, 2.45) is 0 Å². The van der Waals surface area contributed by atoms with Gasteiger partial charge in [-0.3, -0.25) is 4.79 Å². The van der Waals surface area contributed by atoms with Crippen molar-refractivity contribution in [2.45, 2.75) is 10.8 Å². The minimum absolute atomic E-state index is 0.0252. The highest BCUT2D eigenvalue weighted by molar-refractivity contribution is 7.91. The summed E-state index contributed by atoms with van der Waals surface area (Å²) in [7, 11) is -3.74. The Morgan fingerprint density at radius 3 is 2.33 bits per heavy atom. The van der Waals surface area contributed by atoms with E-state index in [0.717, 1.165) is 0 Å². The Bertz CT molecular complexity index is 741. The maximum atomic E-state index is 12.4. The van der Waals surface area contributed by atoms with Gasteiger partial charge in [-0.2, -0.15) is 0 Å². The van der Waals surface area contributed by atoms with Crippen molar-refractivity contribution in [1.82, 2.24) is 0 Å². The van der Waals surface area contributed by atoms with Gasteiger partial charge in [0.05, 0.1) is 16.6 Å². The molecule has 110 valence electrons. The average molecular weight is 325 g/mol. The Balaban J connectivity index is 2.35. The molecule has 0 aliphatic carbocycles. The van der Waals surface area contributed by atoms with Crippen LogP contribution in [0.3, 0.4) is 0 Å². The SMILES string of the molecule is O=C(O)C(CS(=O)(=O)c1cccc(Cl)c1)c1ccccc1. The summed E-state index contributed by atoms with van der Waals surface area (Å²) in [5.74, 6) is -2.80. The van der Waals surface area contributed by atoms with E-state index < -0.39 is 27.5 Å². The number of hydrogen-bond acceptors (Lipinski definition) is 3. The lowest BCUT2D eigenvalue weighted by atomic mass is 10.0. The number of carboxylic acid groups (broad SMARTS) is 1. The molecule has 0 aromatic heterocycles. The summed E-state index contributed by atoms with van der Waals surface area (Å²) in [5, 5.41) is 9.60. The standard InChI is InChI=1S/C15H13ClO4S/c16-12-7-4-8-13(9-12)21(19,20)10-14(15(17)18)11-5-2-1-3-6-11/h1-9,14H,10H2,(H,17,18). The van der Waals surface area contributed by atoms with Crippen LogP contribution in [-0.2, 0) is 14.6 Å². The van der Waals surface area contributed by atoms with Crippen molar-refractivity contribution in [1.29, 1.82) is 0 Å². The molecule has 0 fully saturated rings. The molecule has 1 N–H and O–H groups in total. The molecule has 21 heavy (non-hydrogen) atoms. The molecule has 2 aromatic carbocycles. The predicted molar refractivity (Wildman–Crippen MR) is 80.3 cm³/mol. The van der Waals surface area contributed by atoms with Crippen molar-refractivity contribution in [3.63, 3.8) is 0 Å².